The van der Waals surface area contributed by atoms with Crippen LogP contribution in [0.4, 0.5) is 0 Å². The van der Waals surface area contributed by atoms with Gasteiger partial charge in [-0.1, -0.05) is 36.4 Å². The second kappa shape index (κ2) is 9.63. The molecule has 170 valence electrons. The molecule has 0 aliphatic carbocycles. The molecule has 0 bridgehead atoms. The highest BCUT2D eigenvalue weighted by atomic mass is 16.5. The molecule has 2 saturated heterocycles. The van der Waals surface area contributed by atoms with Crippen molar-refractivity contribution in [2.24, 2.45) is 5.92 Å². The predicted octanol–water partition coefficient (Wildman–Crippen LogP) is 4.31. The molecule has 2 fully saturated rings. The van der Waals surface area contributed by atoms with Crippen molar-refractivity contribution < 1.29 is 19.0 Å². The number of ether oxygens (including phenoxy) is 3. The molecule has 6 nitrogen and oxygen atoms in total. The van der Waals surface area contributed by atoms with Crippen molar-refractivity contribution in [3.8, 4) is 11.5 Å². The molecule has 0 radical (unpaired) electrons. The van der Waals surface area contributed by atoms with E-state index in [-0.39, 0.29) is 17.9 Å². The van der Waals surface area contributed by atoms with Crippen molar-refractivity contribution in [2.75, 3.05) is 26.9 Å². The van der Waals surface area contributed by atoms with Gasteiger partial charge in [-0.2, -0.15) is 0 Å². The summed E-state index contributed by atoms with van der Waals surface area (Å²) in [5.41, 5.74) is 2.68. The van der Waals surface area contributed by atoms with Crippen LogP contribution in [0.3, 0.4) is 0 Å². The Labute approximate surface area is 194 Å². The smallest absolute Gasteiger partial charge is 0.254 e. The summed E-state index contributed by atoms with van der Waals surface area (Å²) in [5, 5.41) is 0. The summed E-state index contributed by atoms with van der Waals surface area (Å²) < 4.78 is 17.3. The highest BCUT2D eigenvalue weighted by Gasteiger charge is 2.46. The SMILES string of the molecule is COc1ccc(C(=O)N2C[C@H](c3ccccc3)[C@H]3COCC[C@H]32)cc1OCc1ccccn1. The highest BCUT2D eigenvalue weighted by Crippen LogP contribution is 2.42. The van der Waals surface area contributed by atoms with Gasteiger partial charge in [0.25, 0.3) is 5.91 Å². The zero-order valence-electron chi connectivity index (χ0n) is 18.7. The Balaban J connectivity index is 1.39. The van der Waals surface area contributed by atoms with Crippen molar-refractivity contribution in [2.45, 2.75) is 25.0 Å². The number of methoxy groups -OCH3 is 1. The second-order valence-corrected chi connectivity index (χ2v) is 8.54. The van der Waals surface area contributed by atoms with E-state index in [2.05, 4.69) is 29.2 Å². The quantitative estimate of drug-likeness (QED) is 0.567. The number of rotatable bonds is 6. The van der Waals surface area contributed by atoms with Gasteiger partial charge in [-0.15, -0.1) is 0 Å². The molecule has 2 aliphatic rings. The van der Waals surface area contributed by atoms with E-state index in [4.69, 9.17) is 14.2 Å². The molecule has 5 rings (SSSR count). The van der Waals surface area contributed by atoms with Crippen LogP contribution in [0.15, 0.2) is 72.9 Å². The Kier molecular flexibility index (Phi) is 6.26. The third-order valence-electron chi connectivity index (χ3n) is 6.67. The lowest BCUT2D eigenvalue weighted by Gasteiger charge is -2.32. The van der Waals surface area contributed by atoms with Crippen LogP contribution < -0.4 is 9.47 Å². The zero-order valence-corrected chi connectivity index (χ0v) is 18.7. The van der Waals surface area contributed by atoms with Gasteiger partial charge in [0.05, 0.1) is 19.4 Å². The summed E-state index contributed by atoms with van der Waals surface area (Å²) in [6, 6.07) is 21.7. The predicted molar refractivity (Wildman–Crippen MR) is 124 cm³/mol. The summed E-state index contributed by atoms with van der Waals surface area (Å²) in [4.78, 5) is 20.0. The van der Waals surface area contributed by atoms with Crippen molar-refractivity contribution >= 4 is 5.91 Å². The van der Waals surface area contributed by atoms with Gasteiger partial charge >= 0.3 is 0 Å². The fourth-order valence-corrected chi connectivity index (χ4v) is 5.01. The van der Waals surface area contributed by atoms with Gasteiger partial charge in [0, 0.05) is 42.8 Å². The monoisotopic (exact) mass is 444 g/mol. The number of hydrogen-bond acceptors (Lipinski definition) is 5. The van der Waals surface area contributed by atoms with E-state index < -0.39 is 0 Å². The molecule has 1 amide bonds. The third-order valence-corrected chi connectivity index (χ3v) is 6.67. The van der Waals surface area contributed by atoms with Gasteiger partial charge in [0.1, 0.15) is 6.61 Å². The molecule has 0 N–H and O–H groups in total. The van der Waals surface area contributed by atoms with Crippen molar-refractivity contribution in [1.29, 1.82) is 0 Å². The van der Waals surface area contributed by atoms with Crippen LogP contribution in [-0.2, 0) is 11.3 Å². The van der Waals surface area contributed by atoms with Gasteiger partial charge in [-0.05, 0) is 42.3 Å². The van der Waals surface area contributed by atoms with Crippen molar-refractivity contribution in [3.05, 3.63) is 89.7 Å². The van der Waals surface area contributed by atoms with Crippen LogP contribution in [0.1, 0.15) is 34.0 Å². The Morgan fingerprint density at radius 2 is 1.94 bits per heavy atom. The van der Waals surface area contributed by atoms with Crippen molar-refractivity contribution in [3.63, 3.8) is 0 Å². The van der Waals surface area contributed by atoms with Crippen LogP contribution in [0, 0.1) is 5.92 Å². The number of pyridine rings is 1. The first-order valence-electron chi connectivity index (χ1n) is 11.4. The maximum absolute atomic E-state index is 13.7. The van der Waals surface area contributed by atoms with E-state index in [0.29, 0.717) is 49.3 Å². The Hall–Kier alpha value is -3.38. The van der Waals surface area contributed by atoms with E-state index in [9.17, 15) is 4.79 Å². The van der Waals surface area contributed by atoms with Crippen LogP contribution in [-0.4, -0.2) is 48.7 Å². The fraction of sp³-hybridized carbons (Fsp3) is 0.333. The first-order chi connectivity index (χ1) is 16.2. The number of fused-ring (bicyclic) bond motifs is 1. The lowest BCUT2D eigenvalue weighted by atomic mass is 9.84. The average Bonchev–Trinajstić information content (AvgIpc) is 3.28. The molecule has 2 aromatic carbocycles. The molecule has 0 spiro atoms. The first-order valence-corrected chi connectivity index (χ1v) is 11.4. The van der Waals surface area contributed by atoms with Crippen LogP contribution in [0.5, 0.6) is 11.5 Å². The lowest BCUT2D eigenvalue weighted by Crippen LogP contribution is -2.42. The molecular weight excluding hydrogens is 416 g/mol. The van der Waals surface area contributed by atoms with E-state index >= 15 is 0 Å². The standard InChI is InChI=1S/C27H28N2O4/c1-31-25-11-10-20(15-26(25)33-17-21-9-5-6-13-28-21)27(30)29-16-22(19-7-3-2-4-8-19)23-18-32-14-12-24(23)29/h2-11,13,15,22-24H,12,14,16-18H2,1H3/t22-,23-,24-/m1/s1. The van der Waals surface area contributed by atoms with E-state index in [0.717, 1.165) is 12.1 Å². The van der Waals surface area contributed by atoms with Gasteiger partial charge < -0.3 is 19.1 Å². The number of nitrogens with zero attached hydrogens (tertiary/aromatic N) is 2. The largest absolute Gasteiger partial charge is 0.493 e. The van der Waals surface area contributed by atoms with Crippen LogP contribution in [0.2, 0.25) is 0 Å². The normalized spacial score (nSPS) is 22.0. The minimum absolute atomic E-state index is 0.0238. The lowest BCUT2D eigenvalue weighted by molar-refractivity contribution is 0.0188. The van der Waals surface area contributed by atoms with Crippen molar-refractivity contribution in [1.82, 2.24) is 9.88 Å². The molecule has 33 heavy (non-hydrogen) atoms. The molecule has 1 aromatic heterocycles. The van der Waals surface area contributed by atoms with Gasteiger partial charge in [-0.3, -0.25) is 9.78 Å². The minimum Gasteiger partial charge on any atom is -0.493 e. The molecule has 0 saturated carbocycles. The molecular formula is C27H28N2O4. The van der Waals surface area contributed by atoms with Gasteiger partial charge in [0.15, 0.2) is 11.5 Å². The maximum Gasteiger partial charge on any atom is 0.254 e. The highest BCUT2D eigenvalue weighted by molar-refractivity contribution is 5.95. The third kappa shape index (κ3) is 4.44. The number of carbonyl (C=O) groups excluding carboxylic acids is 1. The summed E-state index contributed by atoms with van der Waals surface area (Å²) >= 11 is 0. The molecule has 0 unspecified atom stereocenters. The number of likely N-dealkylation sites (tertiary alicyclic amines) is 1. The van der Waals surface area contributed by atoms with E-state index in [1.54, 1.807) is 25.4 Å². The van der Waals surface area contributed by atoms with E-state index in [1.165, 1.54) is 5.56 Å². The Bertz CT molecular complexity index is 1090. The number of amides is 1. The molecule has 3 aromatic rings. The first kappa shape index (κ1) is 21.5. The van der Waals surface area contributed by atoms with Crippen LogP contribution >= 0.6 is 0 Å². The molecule has 6 heteroatoms. The number of carbonyl (C=O) groups is 1. The summed E-state index contributed by atoms with van der Waals surface area (Å²) in [7, 11) is 1.60. The van der Waals surface area contributed by atoms with Gasteiger partial charge in [0.2, 0.25) is 0 Å². The van der Waals surface area contributed by atoms with E-state index in [1.807, 2.05) is 35.2 Å². The maximum atomic E-state index is 13.7. The van der Waals surface area contributed by atoms with Gasteiger partial charge in [-0.25, -0.2) is 0 Å². The average molecular weight is 445 g/mol. The minimum atomic E-state index is 0.0238. The zero-order chi connectivity index (χ0) is 22.6. The number of benzene rings is 2. The topological polar surface area (TPSA) is 60.9 Å². The summed E-state index contributed by atoms with van der Waals surface area (Å²) in [5.74, 6) is 1.74. The number of hydrogen-bond donors (Lipinski definition) is 0. The Morgan fingerprint density at radius 3 is 2.73 bits per heavy atom. The second-order valence-electron chi connectivity index (χ2n) is 8.54. The molecule has 3 heterocycles. The number of aromatic nitrogens is 1. The fourth-order valence-electron chi connectivity index (χ4n) is 5.01. The molecule has 3 atom stereocenters. The van der Waals surface area contributed by atoms with Crippen LogP contribution in [0.25, 0.3) is 0 Å². The Morgan fingerprint density at radius 1 is 1.09 bits per heavy atom. The molecule has 2 aliphatic heterocycles. The summed E-state index contributed by atoms with van der Waals surface area (Å²) in [6.45, 7) is 2.37. The summed E-state index contributed by atoms with van der Waals surface area (Å²) in [6.07, 6.45) is 2.59.